The van der Waals surface area contributed by atoms with Crippen LogP contribution in [0.25, 0.3) is 0 Å². The predicted molar refractivity (Wildman–Crippen MR) is 127 cm³/mol. The smallest absolute Gasteiger partial charge is 0.335 e. The summed E-state index contributed by atoms with van der Waals surface area (Å²) in [4.78, 5) is 11.4. The molecule has 0 saturated carbocycles. The standard InChI is InChI=1S/C19H26N2O3.C5H13N/c1-3-5-11-21-17-13-14(19(22)23)12-16(20-4-2)18(17)24-15-9-7-6-8-10-15;1-3-5-6-4-2/h7,9-10,12-13,20-21H,3-6,8,11H2,1-2H3,(H,22,23);6H,3-5H2,1-2H3. The summed E-state index contributed by atoms with van der Waals surface area (Å²) in [6, 6.07) is 3.26. The monoisotopic (exact) mass is 417 g/mol. The first-order valence-corrected chi connectivity index (χ1v) is 11.2. The summed E-state index contributed by atoms with van der Waals surface area (Å²) < 4.78 is 6.09. The molecule has 0 spiro atoms. The molecule has 4 N–H and O–H groups in total. The van der Waals surface area contributed by atoms with Gasteiger partial charge in [-0.15, -0.1) is 0 Å². The number of ether oxygens (including phenoxy) is 1. The summed E-state index contributed by atoms with van der Waals surface area (Å²) >= 11 is 0. The van der Waals surface area contributed by atoms with E-state index in [1.165, 1.54) is 6.42 Å². The molecule has 2 rings (SSSR count). The van der Waals surface area contributed by atoms with Crippen LogP contribution in [-0.4, -0.2) is 37.3 Å². The van der Waals surface area contributed by atoms with Gasteiger partial charge in [0, 0.05) is 13.1 Å². The number of benzene rings is 1. The van der Waals surface area contributed by atoms with Crippen LogP contribution in [-0.2, 0) is 0 Å². The zero-order chi connectivity index (χ0) is 22.2. The molecule has 6 nitrogen and oxygen atoms in total. The number of unbranched alkanes of at least 4 members (excludes halogenated alkanes) is 1. The molecule has 1 aliphatic carbocycles. The van der Waals surface area contributed by atoms with Crippen molar-refractivity contribution in [3.05, 3.63) is 41.7 Å². The van der Waals surface area contributed by atoms with Gasteiger partial charge in [0.15, 0.2) is 5.75 Å². The Morgan fingerprint density at radius 3 is 2.23 bits per heavy atom. The van der Waals surface area contributed by atoms with Crippen LogP contribution < -0.4 is 20.7 Å². The van der Waals surface area contributed by atoms with Crippen molar-refractivity contribution in [2.24, 2.45) is 0 Å². The van der Waals surface area contributed by atoms with Gasteiger partial charge in [0.05, 0.1) is 16.9 Å². The molecule has 6 heteroatoms. The van der Waals surface area contributed by atoms with Crippen LogP contribution >= 0.6 is 0 Å². The highest BCUT2D eigenvalue weighted by Crippen LogP contribution is 2.37. The van der Waals surface area contributed by atoms with E-state index in [1.807, 2.05) is 13.0 Å². The molecule has 0 aromatic heterocycles. The number of carboxylic acid groups (broad SMARTS) is 1. The number of hydrogen-bond acceptors (Lipinski definition) is 5. The second-order valence-electron chi connectivity index (χ2n) is 7.06. The molecular formula is C24H39N3O3. The Labute approximate surface area is 181 Å². The SMILES string of the molecule is CCCCNc1cc(C(=O)O)cc(NCC)c1OC1=CCCC=C1.CCCNCC. The summed E-state index contributed by atoms with van der Waals surface area (Å²) in [5, 5.41) is 19.1. The highest BCUT2D eigenvalue weighted by Gasteiger charge is 2.17. The number of hydrogen-bond donors (Lipinski definition) is 4. The molecule has 168 valence electrons. The summed E-state index contributed by atoms with van der Waals surface area (Å²) in [7, 11) is 0. The molecule has 0 heterocycles. The van der Waals surface area contributed by atoms with E-state index in [4.69, 9.17) is 4.74 Å². The Morgan fingerprint density at radius 2 is 1.73 bits per heavy atom. The Kier molecular flexibility index (Phi) is 13.1. The Hall–Kier alpha value is -2.47. The lowest BCUT2D eigenvalue weighted by Gasteiger charge is -2.19. The van der Waals surface area contributed by atoms with E-state index in [1.54, 1.807) is 12.1 Å². The Balaban J connectivity index is 0.000000656. The van der Waals surface area contributed by atoms with Gasteiger partial charge in [-0.25, -0.2) is 4.79 Å². The molecule has 1 aromatic carbocycles. The molecule has 0 bridgehead atoms. The number of carboxylic acids is 1. The minimum absolute atomic E-state index is 0.241. The van der Waals surface area contributed by atoms with E-state index in [-0.39, 0.29) is 5.56 Å². The fourth-order valence-electron chi connectivity index (χ4n) is 2.85. The first-order chi connectivity index (χ1) is 14.6. The van der Waals surface area contributed by atoms with Crippen LogP contribution in [0.15, 0.2) is 36.1 Å². The molecular weight excluding hydrogens is 378 g/mol. The molecule has 0 aliphatic heterocycles. The molecule has 0 unspecified atom stereocenters. The molecule has 0 amide bonds. The zero-order valence-electron chi connectivity index (χ0n) is 19.0. The van der Waals surface area contributed by atoms with Gasteiger partial charge in [0.25, 0.3) is 0 Å². The van der Waals surface area contributed by atoms with E-state index >= 15 is 0 Å². The Bertz CT molecular complexity index is 695. The van der Waals surface area contributed by atoms with Crippen molar-refractivity contribution in [1.82, 2.24) is 5.32 Å². The maximum absolute atomic E-state index is 11.4. The fraction of sp³-hybridized carbons (Fsp3) is 0.542. The molecule has 0 radical (unpaired) electrons. The lowest BCUT2D eigenvalue weighted by atomic mass is 10.1. The number of allylic oxidation sites excluding steroid dienone is 3. The number of aromatic carboxylic acids is 1. The average molecular weight is 418 g/mol. The van der Waals surface area contributed by atoms with Crippen LogP contribution in [0.4, 0.5) is 11.4 Å². The zero-order valence-corrected chi connectivity index (χ0v) is 19.0. The third kappa shape index (κ3) is 9.35. The first kappa shape index (κ1) is 25.6. The van der Waals surface area contributed by atoms with Gasteiger partial charge in [-0.2, -0.15) is 0 Å². The minimum atomic E-state index is -0.948. The summed E-state index contributed by atoms with van der Waals surface area (Å²) in [5.41, 5.74) is 1.64. The number of anilines is 2. The normalized spacial score (nSPS) is 12.5. The van der Waals surface area contributed by atoms with E-state index < -0.39 is 5.97 Å². The quantitative estimate of drug-likeness (QED) is 0.329. The van der Waals surface area contributed by atoms with E-state index in [2.05, 4.69) is 48.9 Å². The number of nitrogens with one attached hydrogen (secondary N) is 3. The van der Waals surface area contributed by atoms with Gasteiger partial charge < -0.3 is 25.8 Å². The number of carbonyl (C=O) groups is 1. The Morgan fingerprint density at radius 1 is 1.00 bits per heavy atom. The minimum Gasteiger partial charge on any atom is -0.478 e. The number of rotatable bonds is 12. The van der Waals surface area contributed by atoms with Crippen LogP contribution in [0, 0.1) is 0 Å². The van der Waals surface area contributed by atoms with Crippen LogP contribution in [0.1, 0.15) is 70.2 Å². The van der Waals surface area contributed by atoms with Gasteiger partial charge in [0.2, 0.25) is 0 Å². The van der Waals surface area contributed by atoms with Crippen molar-refractivity contribution in [2.75, 3.05) is 36.8 Å². The predicted octanol–water partition coefficient (Wildman–Crippen LogP) is 5.65. The largest absolute Gasteiger partial charge is 0.478 e. The van der Waals surface area contributed by atoms with E-state index in [0.29, 0.717) is 23.7 Å². The molecule has 1 aliphatic rings. The van der Waals surface area contributed by atoms with E-state index in [9.17, 15) is 9.90 Å². The third-order valence-corrected chi connectivity index (χ3v) is 4.41. The average Bonchev–Trinajstić information content (AvgIpc) is 2.75. The molecule has 0 fully saturated rings. The summed E-state index contributed by atoms with van der Waals surface area (Å²) in [5.74, 6) is 0.494. The van der Waals surface area contributed by atoms with Crippen molar-refractivity contribution in [2.45, 2.75) is 59.8 Å². The molecule has 0 atom stereocenters. The fourth-order valence-corrected chi connectivity index (χ4v) is 2.85. The van der Waals surface area contributed by atoms with Crippen molar-refractivity contribution < 1.29 is 14.6 Å². The third-order valence-electron chi connectivity index (χ3n) is 4.41. The maximum atomic E-state index is 11.4. The van der Waals surface area contributed by atoms with Crippen LogP contribution in [0.3, 0.4) is 0 Å². The van der Waals surface area contributed by atoms with Crippen LogP contribution in [0.5, 0.6) is 5.75 Å². The lowest BCUT2D eigenvalue weighted by Crippen LogP contribution is -2.12. The summed E-state index contributed by atoms with van der Waals surface area (Å²) in [6.07, 6.45) is 11.4. The van der Waals surface area contributed by atoms with Gasteiger partial charge in [-0.1, -0.05) is 33.3 Å². The second-order valence-corrected chi connectivity index (χ2v) is 7.06. The van der Waals surface area contributed by atoms with Crippen molar-refractivity contribution in [1.29, 1.82) is 0 Å². The second kappa shape index (κ2) is 15.4. The highest BCUT2D eigenvalue weighted by atomic mass is 16.5. The topological polar surface area (TPSA) is 82.6 Å². The molecule has 0 saturated heterocycles. The van der Waals surface area contributed by atoms with Gasteiger partial charge in [-0.3, -0.25) is 0 Å². The maximum Gasteiger partial charge on any atom is 0.335 e. The molecule has 30 heavy (non-hydrogen) atoms. The lowest BCUT2D eigenvalue weighted by molar-refractivity contribution is 0.0697. The van der Waals surface area contributed by atoms with Gasteiger partial charge >= 0.3 is 5.97 Å². The van der Waals surface area contributed by atoms with Crippen LogP contribution in [0.2, 0.25) is 0 Å². The van der Waals surface area contributed by atoms with Gasteiger partial charge in [-0.05, 0) is 70.0 Å². The molecule has 1 aromatic rings. The van der Waals surface area contributed by atoms with Crippen molar-refractivity contribution in [3.8, 4) is 5.75 Å². The van der Waals surface area contributed by atoms with E-state index in [0.717, 1.165) is 51.1 Å². The first-order valence-electron chi connectivity index (χ1n) is 11.2. The summed E-state index contributed by atoms with van der Waals surface area (Å²) in [6.45, 7) is 12.1. The van der Waals surface area contributed by atoms with Crippen molar-refractivity contribution >= 4 is 17.3 Å². The highest BCUT2D eigenvalue weighted by molar-refractivity contribution is 5.92. The van der Waals surface area contributed by atoms with Crippen molar-refractivity contribution in [3.63, 3.8) is 0 Å². The van der Waals surface area contributed by atoms with Gasteiger partial charge in [0.1, 0.15) is 5.76 Å².